The number of halogens is 1. The van der Waals surface area contributed by atoms with Crippen molar-refractivity contribution in [3.8, 4) is 0 Å². The van der Waals surface area contributed by atoms with Gasteiger partial charge in [0, 0.05) is 26.5 Å². The maximum absolute atomic E-state index is 5.80. The van der Waals surface area contributed by atoms with E-state index < -0.39 is 0 Å². The fourth-order valence-corrected chi connectivity index (χ4v) is 1.33. The molecule has 0 aliphatic carbocycles. The molecule has 2 aromatic heterocycles. The van der Waals surface area contributed by atoms with Crippen LogP contribution in [0.4, 0.5) is 11.9 Å². The number of imidazole rings is 1. The van der Waals surface area contributed by atoms with Crippen molar-refractivity contribution in [1.82, 2.24) is 24.9 Å². The average Bonchev–Trinajstić information content (AvgIpc) is 2.78. The van der Waals surface area contributed by atoms with Gasteiger partial charge in [0.25, 0.3) is 0 Å². The summed E-state index contributed by atoms with van der Waals surface area (Å²) in [5.41, 5.74) is 0. The first kappa shape index (κ1) is 11.6. The minimum Gasteiger partial charge on any atom is -0.347 e. The van der Waals surface area contributed by atoms with Crippen LogP contribution in [0, 0.1) is 0 Å². The number of aromatic amines is 1. The number of anilines is 2. The summed E-state index contributed by atoms with van der Waals surface area (Å²) < 4.78 is 0. The summed E-state index contributed by atoms with van der Waals surface area (Å²) in [6.45, 7) is 0.500. The lowest BCUT2D eigenvalue weighted by molar-refractivity contribution is 0.922. The second-order valence-electron chi connectivity index (χ2n) is 3.51. The molecule has 0 fully saturated rings. The number of nitrogens with zero attached hydrogens (tertiary/aromatic N) is 5. The Kier molecular flexibility index (Phi) is 3.38. The molecule has 0 amide bonds. The Morgan fingerprint density at radius 3 is 2.82 bits per heavy atom. The van der Waals surface area contributed by atoms with Crippen LogP contribution >= 0.6 is 11.6 Å². The quantitative estimate of drug-likeness (QED) is 0.843. The second kappa shape index (κ2) is 4.96. The summed E-state index contributed by atoms with van der Waals surface area (Å²) in [6.07, 6.45) is 3.44. The van der Waals surface area contributed by atoms with Crippen LogP contribution in [0.3, 0.4) is 0 Å². The first-order valence-corrected chi connectivity index (χ1v) is 5.34. The molecule has 0 aliphatic heterocycles. The van der Waals surface area contributed by atoms with E-state index in [0.29, 0.717) is 18.4 Å². The predicted octanol–water partition coefficient (Wildman–Crippen LogP) is 0.926. The van der Waals surface area contributed by atoms with Gasteiger partial charge in [0.2, 0.25) is 17.2 Å². The van der Waals surface area contributed by atoms with Gasteiger partial charge >= 0.3 is 0 Å². The van der Waals surface area contributed by atoms with Crippen LogP contribution < -0.4 is 10.2 Å². The molecule has 0 saturated heterocycles. The summed E-state index contributed by atoms with van der Waals surface area (Å²) in [6, 6.07) is 0. The summed E-state index contributed by atoms with van der Waals surface area (Å²) in [5.74, 6) is 1.73. The molecule has 90 valence electrons. The normalized spacial score (nSPS) is 10.3. The Hall–Kier alpha value is -1.89. The molecule has 0 bridgehead atoms. The van der Waals surface area contributed by atoms with Gasteiger partial charge in [-0.15, -0.1) is 0 Å². The van der Waals surface area contributed by atoms with E-state index in [1.165, 1.54) is 0 Å². The SMILES string of the molecule is CN(C)c1nc(Cl)nc(NCc2ncc[nH]2)n1. The molecule has 0 unspecified atom stereocenters. The maximum atomic E-state index is 5.80. The molecule has 17 heavy (non-hydrogen) atoms. The standard InChI is InChI=1S/C9H12ClN7/c1-17(2)9-15-7(10)14-8(16-9)13-5-6-11-3-4-12-6/h3-4H,5H2,1-2H3,(H,11,12)(H,13,14,15,16). The number of rotatable bonds is 4. The Labute approximate surface area is 103 Å². The number of hydrogen-bond donors (Lipinski definition) is 2. The molecule has 0 spiro atoms. The van der Waals surface area contributed by atoms with Crippen LogP contribution in [0.25, 0.3) is 0 Å². The number of nitrogens with one attached hydrogen (secondary N) is 2. The second-order valence-corrected chi connectivity index (χ2v) is 3.85. The monoisotopic (exact) mass is 253 g/mol. The number of aromatic nitrogens is 5. The van der Waals surface area contributed by atoms with E-state index >= 15 is 0 Å². The Morgan fingerprint density at radius 1 is 1.35 bits per heavy atom. The van der Waals surface area contributed by atoms with E-state index in [2.05, 4.69) is 30.2 Å². The lowest BCUT2D eigenvalue weighted by Crippen LogP contribution is -2.15. The summed E-state index contributed by atoms with van der Waals surface area (Å²) in [4.78, 5) is 21.0. The van der Waals surface area contributed by atoms with Crippen molar-refractivity contribution in [2.45, 2.75) is 6.54 Å². The van der Waals surface area contributed by atoms with Crippen molar-refractivity contribution in [3.63, 3.8) is 0 Å². The average molecular weight is 254 g/mol. The van der Waals surface area contributed by atoms with Crippen LogP contribution in [0.1, 0.15) is 5.82 Å². The Balaban J connectivity index is 2.10. The van der Waals surface area contributed by atoms with Gasteiger partial charge in [-0.1, -0.05) is 0 Å². The van der Waals surface area contributed by atoms with Gasteiger partial charge in [-0.05, 0) is 11.6 Å². The van der Waals surface area contributed by atoms with Gasteiger partial charge in [0.05, 0.1) is 6.54 Å². The van der Waals surface area contributed by atoms with Crippen LogP contribution in [-0.2, 0) is 6.54 Å². The molecule has 2 aromatic rings. The first-order chi connectivity index (χ1) is 8.15. The van der Waals surface area contributed by atoms with Crippen molar-refractivity contribution in [2.24, 2.45) is 0 Å². The van der Waals surface area contributed by atoms with Crippen LogP contribution in [0.5, 0.6) is 0 Å². The van der Waals surface area contributed by atoms with Crippen molar-refractivity contribution in [2.75, 3.05) is 24.3 Å². The molecule has 0 saturated carbocycles. The molecule has 8 heteroatoms. The van der Waals surface area contributed by atoms with Crippen LogP contribution in [-0.4, -0.2) is 39.0 Å². The summed E-state index contributed by atoms with van der Waals surface area (Å²) >= 11 is 5.80. The topological polar surface area (TPSA) is 82.6 Å². The minimum absolute atomic E-state index is 0.158. The number of hydrogen-bond acceptors (Lipinski definition) is 6. The third-order valence-electron chi connectivity index (χ3n) is 1.97. The highest BCUT2D eigenvalue weighted by Gasteiger charge is 2.06. The highest BCUT2D eigenvalue weighted by atomic mass is 35.5. The van der Waals surface area contributed by atoms with E-state index in [9.17, 15) is 0 Å². The Morgan fingerprint density at radius 2 is 2.18 bits per heavy atom. The molecule has 2 rings (SSSR count). The number of H-pyrrole nitrogens is 1. The molecule has 0 aromatic carbocycles. The molecule has 2 N–H and O–H groups in total. The summed E-state index contributed by atoms with van der Waals surface area (Å²) in [7, 11) is 3.67. The highest BCUT2D eigenvalue weighted by Crippen LogP contribution is 2.11. The predicted molar refractivity (Wildman–Crippen MR) is 65.1 cm³/mol. The zero-order valence-electron chi connectivity index (χ0n) is 9.48. The molecule has 0 atom stereocenters. The van der Waals surface area contributed by atoms with E-state index in [1.807, 2.05) is 14.1 Å². The molecule has 7 nitrogen and oxygen atoms in total. The maximum Gasteiger partial charge on any atom is 0.230 e. The lowest BCUT2D eigenvalue weighted by atomic mass is 10.6. The van der Waals surface area contributed by atoms with Gasteiger partial charge in [-0.2, -0.15) is 15.0 Å². The smallest absolute Gasteiger partial charge is 0.230 e. The van der Waals surface area contributed by atoms with E-state index in [-0.39, 0.29) is 5.28 Å². The van der Waals surface area contributed by atoms with Crippen molar-refractivity contribution in [1.29, 1.82) is 0 Å². The van der Waals surface area contributed by atoms with Gasteiger partial charge in [0.15, 0.2) is 0 Å². The van der Waals surface area contributed by atoms with E-state index in [0.717, 1.165) is 5.82 Å². The molecule has 2 heterocycles. The van der Waals surface area contributed by atoms with Gasteiger partial charge in [0.1, 0.15) is 5.82 Å². The fourth-order valence-electron chi connectivity index (χ4n) is 1.18. The first-order valence-electron chi connectivity index (χ1n) is 4.96. The molecule has 0 aliphatic rings. The van der Waals surface area contributed by atoms with E-state index in [1.54, 1.807) is 17.3 Å². The van der Waals surface area contributed by atoms with Crippen LogP contribution in [0.2, 0.25) is 5.28 Å². The molecular formula is C9H12ClN7. The lowest BCUT2D eigenvalue weighted by Gasteiger charge is -2.11. The van der Waals surface area contributed by atoms with E-state index in [4.69, 9.17) is 11.6 Å². The zero-order valence-corrected chi connectivity index (χ0v) is 10.2. The van der Waals surface area contributed by atoms with Crippen LogP contribution in [0.15, 0.2) is 12.4 Å². The zero-order chi connectivity index (χ0) is 12.3. The molecule has 0 radical (unpaired) electrons. The minimum atomic E-state index is 0.158. The highest BCUT2D eigenvalue weighted by molar-refractivity contribution is 6.28. The van der Waals surface area contributed by atoms with Crippen molar-refractivity contribution < 1.29 is 0 Å². The molecular weight excluding hydrogens is 242 g/mol. The Bertz CT molecular complexity index is 482. The largest absolute Gasteiger partial charge is 0.347 e. The van der Waals surface area contributed by atoms with Crippen molar-refractivity contribution in [3.05, 3.63) is 23.5 Å². The van der Waals surface area contributed by atoms with Gasteiger partial charge in [-0.25, -0.2) is 4.98 Å². The third kappa shape index (κ3) is 3.04. The fraction of sp³-hybridized carbons (Fsp3) is 0.333. The van der Waals surface area contributed by atoms with Gasteiger partial charge in [-0.3, -0.25) is 0 Å². The van der Waals surface area contributed by atoms with Crippen molar-refractivity contribution >= 4 is 23.5 Å². The van der Waals surface area contributed by atoms with Gasteiger partial charge < -0.3 is 15.2 Å². The summed E-state index contributed by atoms with van der Waals surface area (Å²) in [5, 5.41) is 3.17. The third-order valence-corrected chi connectivity index (χ3v) is 2.13.